The highest BCUT2D eigenvalue weighted by Crippen LogP contribution is 2.20. The van der Waals surface area contributed by atoms with E-state index < -0.39 is 0 Å². The van der Waals surface area contributed by atoms with Gasteiger partial charge >= 0.3 is 0 Å². The van der Waals surface area contributed by atoms with Crippen LogP contribution in [0.4, 0.5) is 0 Å². The summed E-state index contributed by atoms with van der Waals surface area (Å²) < 4.78 is 0. The number of rotatable bonds is 7. The van der Waals surface area contributed by atoms with E-state index in [-0.39, 0.29) is 0 Å². The van der Waals surface area contributed by atoms with Crippen LogP contribution >= 0.6 is 11.3 Å². The van der Waals surface area contributed by atoms with E-state index in [1.54, 1.807) is 11.3 Å². The topological polar surface area (TPSA) is 52.6 Å². The fourth-order valence-corrected chi connectivity index (χ4v) is 4.57. The van der Waals surface area contributed by atoms with Crippen LogP contribution in [-0.4, -0.2) is 48.1 Å². The van der Waals surface area contributed by atoms with Crippen molar-refractivity contribution in [3.8, 4) is 0 Å². The van der Waals surface area contributed by atoms with Gasteiger partial charge in [-0.2, -0.15) is 0 Å². The van der Waals surface area contributed by atoms with Crippen molar-refractivity contribution in [3.63, 3.8) is 0 Å². The van der Waals surface area contributed by atoms with Crippen molar-refractivity contribution in [1.29, 1.82) is 0 Å². The van der Waals surface area contributed by atoms with Crippen molar-refractivity contribution < 1.29 is 0 Å². The molecule has 2 unspecified atom stereocenters. The van der Waals surface area contributed by atoms with Crippen LogP contribution in [0.3, 0.4) is 0 Å². The van der Waals surface area contributed by atoms with Gasteiger partial charge in [0.05, 0.1) is 5.01 Å². The first-order chi connectivity index (χ1) is 13.6. The van der Waals surface area contributed by atoms with Crippen molar-refractivity contribution >= 4 is 17.3 Å². The number of hydrogen-bond donors (Lipinski definition) is 2. The normalized spacial score (nSPS) is 20.9. The molecule has 28 heavy (non-hydrogen) atoms. The summed E-state index contributed by atoms with van der Waals surface area (Å²) >= 11 is 1.75. The summed E-state index contributed by atoms with van der Waals surface area (Å²) in [4.78, 5) is 11.5. The average Bonchev–Trinajstić information content (AvgIpc) is 3.12. The highest BCUT2D eigenvalue weighted by Gasteiger charge is 2.25. The highest BCUT2D eigenvalue weighted by atomic mass is 32.1. The van der Waals surface area contributed by atoms with E-state index in [0.29, 0.717) is 12.1 Å². The van der Waals surface area contributed by atoms with Gasteiger partial charge in [0.1, 0.15) is 0 Å². The molecule has 2 heterocycles. The fourth-order valence-electron chi connectivity index (χ4n) is 3.76. The molecule has 2 N–H and O–H groups in total. The zero-order valence-electron chi connectivity index (χ0n) is 17.3. The number of hydrogen-bond acceptors (Lipinski definition) is 4. The van der Waals surface area contributed by atoms with Crippen molar-refractivity contribution in [1.82, 2.24) is 20.5 Å². The molecule has 0 aliphatic carbocycles. The van der Waals surface area contributed by atoms with Crippen LogP contribution < -0.4 is 10.6 Å². The zero-order chi connectivity index (χ0) is 19.8. The molecule has 2 aromatic rings. The van der Waals surface area contributed by atoms with E-state index in [4.69, 9.17) is 0 Å². The van der Waals surface area contributed by atoms with E-state index >= 15 is 0 Å². The summed E-state index contributed by atoms with van der Waals surface area (Å²) in [5.41, 5.74) is 2.52. The van der Waals surface area contributed by atoms with Gasteiger partial charge in [0, 0.05) is 56.3 Å². The number of guanidine groups is 1. The zero-order valence-corrected chi connectivity index (χ0v) is 18.1. The molecule has 0 saturated carbocycles. The van der Waals surface area contributed by atoms with Gasteiger partial charge in [0.15, 0.2) is 5.96 Å². The van der Waals surface area contributed by atoms with E-state index in [1.165, 1.54) is 10.6 Å². The Morgan fingerprint density at radius 2 is 2.14 bits per heavy atom. The molecule has 5 nitrogen and oxygen atoms in total. The van der Waals surface area contributed by atoms with Gasteiger partial charge in [-0.25, -0.2) is 4.98 Å². The summed E-state index contributed by atoms with van der Waals surface area (Å²) in [5.74, 6) is 0.920. The van der Waals surface area contributed by atoms with Gasteiger partial charge in [-0.1, -0.05) is 30.3 Å². The van der Waals surface area contributed by atoms with Crippen LogP contribution in [0.25, 0.3) is 0 Å². The number of benzene rings is 1. The third-order valence-electron chi connectivity index (χ3n) is 5.33. The van der Waals surface area contributed by atoms with Crippen molar-refractivity contribution in [3.05, 3.63) is 52.0 Å². The molecule has 6 heteroatoms. The summed E-state index contributed by atoms with van der Waals surface area (Å²) in [6, 6.07) is 11.8. The molecule has 0 amide bonds. The van der Waals surface area contributed by atoms with Crippen LogP contribution in [0.15, 0.2) is 40.7 Å². The molecule has 3 rings (SSSR count). The van der Waals surface area contributed by atoms with Gasteiger partial charge in [0.25, 0.3) is 0 Å². The minimum absolute atomic E-state index is 0.481. The highest BCUT2D eigenvalue weighted by molar-refractivity contribution is 7.09. The van der Waals surface area contributed by atoms with E-state index in [2.05, 4.69) is 75.1 Å². The second-order valence-corrected chi connectivity index (χ2v) is 8.60. The van der Waals surface area contributed by atoms with Crippen LogP contribution in [-0.2, 0) is 13.0 Å². The molecule has 2 atom stereocenters. The summed E-state index contributed by atoms with van der Waals surface area (Å²) in [5, 5.41) is 10.4. The van der Waals surface area contributed by atoms with Gasteiger partial charge in [-0.05, 0) is 38.7 Å². The smallest absolute Gasteiger partial charge is 0.191 e. The first-order valence-electron chi connectivity index (χ1n) is 10.3. The molecular formula is C22H33N5S. The summed E-state index contributed by atoms with van der Waals surface area (Å²) in [6.07, 6.45) is 4.39. The number of thiazole rings is 1. The lowest BCUT2D eigenvalue weighted by Crippen LogP contribution is -2.51. The molecule has 1 saturated heterocycles. The number of likely N-dealkylation sites (tertiary alicyclic amines) is 1. The Kier molecular flexibility index (Phi) is 7.86. The molecule has 152 valence electrons. The number of aryl methyl sites for hydroxylation is 2. The second-order valence-electron chi connectivity index (χ2n) is 7.66. The number of nitrogens with one attached hydrogen (secondary N) is 2. The molecular weight excluding hydrogens is 366 g/mol. The molecule has 0 radical (unpaired) electrons. The standard InChI is InChI=1S/C22H33N5S/c1-17-16-28-21(25-17)10-7-12-24-22(23-3)26-20-11-13-27(18(2)14-20)15-19-8-5-4-6-9-19/h4-6,8-9,16,18,20H,7,10-15H2,1-3H3,(H2,23,24,26). The lowest BCUT2D eigenvalue weighted by Gasteiger charge is -2.38. The maximum absolute atomic E-state index is 4.53. The lowest BCUT2D eigenvalue weighted by molar-refractivity contribution is 0.134. The number of aliphatic imine (C=N–C) groups is 1. The molecule has 0 spiro atoms. The van der Waals surface area contributed by atoms with Crippen molar-refractivity contribution in [2.45, 2.75) is 58.2 Å². The predicted molar refractivity (Wildman–Crippen MR) is 119 cm³/mol. The molecule has 1 aliphatic heterocycles. The lowest BCUT2D eigenvalue weighted by atomic mass is 9.97. The van der Waals surface area contributed by atoms with Gasteiger partial charge in [0.2, 0.25) is 0 Å². The SMILES string of the molecule is CN=C(NCCCc1nc(C)cs1)NC1CCN(Cc2ccccc2)C(C)C1. The Labute approximate surface area is 173 Å². The first kappa shape index (κ1) is 20.8. The fraction of sp³-hybridized carbons (Fsp3) is 0.545. The monoisotopic (exact) mass is 399 g/mol. The van der Waals surface area contributed by atoms with E-state index in [9.17, 15) is 0 Å². The molecule has 1 aromatic heterocycles. The van der Waals surface area contributed by atoms with Gasteiger partial charge in [-0.15, -0.1) is 11.3 Å². The molecule has 1 aromatic carbocycles. The Balaban J connectivity index is 1.38. The predicted octanol–water partition coefficient (Wildman–Crippen LogP) is 3.60. The van der Waals surface area contributed by atoms with Crippen LogP contribution in [0.2, 0.25) is 0 Å². The largest absolute Gasteiger partial charge is 0.356 e. The minimum Gasteiger partial charge on any atom is -0.356 e. The van der Waals surface area contributed by atoms with Crippen LogP contribution in [0.5, 0.6) is 0 Å². The van der Waals surface area contributed by atoms with Gasteiger partial charge < -0.3 is 10.6 Å². The number of piperidine rings is 1. The molecule has 1 fully saturated rings. The maximum atomic E-state index is 4.53. The summed E-state index contributed by atoms with van der Waals surface area (Å²) in [7, 11) is 1.85. The minimum atomic E-state index is 0.481. The van der Waals surface area contributed by atoms with Crippen LogP contribution in [0, 0.1) is 6.92 Å². The van der Waals surface area contributed by atoms with Crippen molar-refractivity contribution in [2.24, 2.45) is 4.99 Å². The molecule has 1 aliphatic rings. The Morgan fingerprint density at radius 1 is 1.32 bits per heavy atom. The Morgan fingerprint density at radius 3 is 2.82 bits per heavy atom. The number of aromatic nitrogens is 1. The third kappa shape index (κ3) is 6.31. The Bertz CT molecular complexity index is 742. The van der Waals surface area contributed by atoms with Crippen molar-refractivity contribution in [2.75, 3.05) is 20.1 Å². The number of nitrogens with zero attached hydrogens (tertiary/aromatic N) is 3. The maximum Gasteiger partial charge on any atom is 0.191 e. The summed E-state index contributed by atoms with van der Waals surface area (Å²) in [6.45, 7) is 7.46. The quantitative estimate of drug-likeness (QED) is 0.424. The van der Waals surface area contributed by atoms with Gasteiger partial charge in [-0.3, -0.25) is 9.89 Å². The van der Waals surface area contributed by atoms with Crippen LogP contribution in [0.1, 0.15) is 42.5 Å². The third-order valence-corrected chi connectivity index (χ3v) is 6.36. The first-order valence-corrected chi connectivity index (χ1v) is 11.2. The van der Waals surface area contributed by atoms with E-state index in [0.717, 1.165) is 57.0 Å². The molecule has 0 bridgehead atoms. The Hall–Kier alpha value is -1.92. The average molecular weight is 400 g/mol. The van der Waals surface area contributed by atoms with E-state index in [1.807, 2.05) is 7.05 Å². The second kappa shape index (κ2) is 10.6.